The molecule has 4 heteroatoms. The van der Waals surface area contributed by atoms with Gasteiger partial charge in [-0.25, -0.2) is 0 Å². The lowest BCUT2D eigenvalue weighted by molar-refractivity contribution is 0.282. The number of rotatable bonds is 24. The van der Waals surface area contributed by atoms with E-state index < -0.39 is 0 Å². The summed E-state index contributed by atoms with van der Waals surface area (Å²) in [4.78, 5) is 0. The predicted molar refractivity (Wildman–Crippen MR) is 308 cm³/mol. The fraction of sp³-hybridized carbons (Fsp3) is 0.727. The number of fused-ring (bicyclic) bond motifs is 4. The van der Waals surface area contributed by atoms with Crippen molar-refractivity contribution in [3.8, 4) is 11.5 Å². The van der Waals surface area contributed by atoms with Gasteiger partial charge in [0.2, 0.25) is 0 Å². The molecule has 4 aliphatic carbocycles. The molecule has 4 radical (unpaired) electrons. The Labute approximate surface area is 436 Å². The summed E-state index contributed by atoms with van der Waals surface area (Å²) >= 11 is 0. The number of hydrogen-bond donors (Lipinski definition) is 0. The SMILES string of the molecule is CCCCCCOc1c2c(c([Si]c3ccc([Si]c4c5c(c(OCCCCCC)c6c4C(CC)(CC)CC6(C)C)C(C)(C)CC5(CC)CC)cc3)c3c1C(C)(C)CC3(CC)CC)C(CC)(CC)CC2(C)C. The fourth-order valence-corrected chi connectivity index (χ4v) is 19.8. The maximum atomic E-state index is 7.34. The van der Waals surface area contributed by atoms with E-state index in [1.807, 2.05) is 0 Å². The number of unbranched alkanes of at least 4 members (excludes halogenated alkanes) is 6. The quantitative estimate of drug-likeness (QED) is 0.0658. The first-order chi connectivity index (χ1) is 33.1. The molecule has 4 aliphatic rings. The van der Waals surface area contributed by atoms with Crippen LogP contribution in [0.25, 0.3) is 0 Å². The van der Waals surface area contributed by atoms with Gasteiger partial charge in [-0.15, -0.1) is 0 Å². The summed E-state index contributed by atoms with van der Waals surface area (Å²) in [5, 5.41) is 6.41. The zero-order valence-electron chi connectivity index (χ0n) is 48.7. The third kappa shape index (κ3) is 9.11. The summed E-state index contributed by atoms with van der Waals surface area (Å²) < 4.78 is 14.7. The number of benzene rings is 3. The van der Waals surface area contributed by atoms with E-state index in [-0.39, 0.29) is 43.3 Å². The van der Waals surface area contributed by atoms with Crippen LogP contribution in [0, 0.1) is 0 Å². The largest absolute Gasteiger partial charge is 0.493 e. The molecule has 70 heavy (non-hydrogen) atoms. The van der Waals surface area contributed by atoms with E-state index in [0.717, 1.165) is 26.1 Å². The van der Waals surface area contributed by atoms with Gasteiger partial charge >= 0.3 is 0 Å². The van der Waals surface area contributed by atoms with Crippen molar-refractivity contribution in [2.45, 2.75) is 296 Å². The molecule has 0 aliphatic heterocycles. The predicted octanol–water partition coefficient (Wildman–Crippen LogP) is 15.9. The highest BCUT2D eigenvalue weighted by Gasteiger charge is 2.58. The minimum atomic E-state index is 0.0524. The fourth-order valence-electron chi connectivity index (χ4n) is 16.5. The molecular formula is C66H102O2Si2. The molecule has 7 rings (SSSR count). The van der Waals surface area contributed by atoms with Gasteiger partial charge in [-0.2, -0.15) is 0 Å². The van der Waals surface area contributed by atoms with Crippen LogP contribution in [0.5, 0.6) is 11.5 Å². The third-order valence-corrected chi connectivity index (χ3v) is 22.9. The molecule has 0 amide bonds. The number of hydrogen-bond acceptors (Lipinski definition) is 2. The van der Waals surface area contributed by atoms with Crippen LogP contribution in [0.3, 0.4) is 0 Å². The summed E-state index contributed by atoms with van der Waals surface area (Å²) in [5.74, 6) is 2.61. The summed E-state index contributed by atoms with van der Waals surface area (Å²) in [6.07, 6.45) is 24.1. The van der Waals surface area contributed by atoms with E-state index in [1.54, 1.807) is 54.9 Å². The topological polar surface area (TPSA) is 18.5 Å². The standard InChI is InChI=1S/C66H102O2Si2/c1-19-29-31-33-39-67-55-47-51(63(21-3,22-4)41-59(47,11)12)57(52-48(55)60(13,14)42-64(52,23-5)24-6)69-45-35-37-46(38-36-45)70-58-53-49(61(15,16)43-65(53,25-7)26-8)56(68-40-34-32-30-20-2)50-54(58)66(27-9,28-10)44-62(50,17)18/h35-38H,19-34,39-44H2,1-18H3. The van der Waals surface area contributed by atoms with Crippen LogP contribution in [-0.2, 0) is 43.3 Å². The van der Waals surface area contributed by atoms with Crippen molar-refractivity contribution in [1.29, 1.82) is 0 Å². The third-order valence-electron chi connectivity index (χ3n) is 20.2. The van der Waals surface area contributed by atoms with Gasteiger partial charge in [0.1, 0.15) is 30.5 Å². The Morgan fingerprint density at radius 3 is 0.800 bits per heavy atom. The molecule has 0 N–H and O–H groups in total. The summed E-state index contributed by atoms with van der Waals surface area (Å²) in [6.45, 7) is 46.7. The molecule has 0 aromatic heterocycles. The smallest absolute Gasteiger partial charge is 0.127 e. The first kappa shape index (κ1) is 55.4. The Hall–Kier alpha value is -2.31. The normalized spacial score (nSPS) is 20.8. The van der Waals surface area contributed by atoms with Gasteiger partial charge in [-0.05, 0) is 155 Å². The van der Waals surface area contributed by atoms with Crippen LogP contribution >= 0.6 is 0 Å². The van der Waals surface area contributed by atoms with E-state index >= 15 is 0 Å². The second-order valence-electron chi connectivity index (χ2n) is 26.2. The summed E-state index contributed by atoms with van der Waals surface area (Å²) in [6, 6.07) is 10.3. The Morgan fingerprint density at radius 1 is 0.343 bits per heavy atom. The first-order valence-corrected chi connectivity index (χ1v) is 31.5. The van der Waals surface area contributed by atoms with Gasteiger partial charge in [0.25, 0.3) is 0 Å². The lowest BCUT2D eigenvalue weighted by Crippen LogP contribution is -2.44. The van der Waals surface area contributed by atoms with Crippen LogP contribution < -0.4 is 30.2 Å². The molecule has 0 unspecified atom stereocenters. The maximum absolute atomic E-state index is 7.34. The van der Waals surface area contributed by atoms with E-state index in [1.165, 1.54) is 137 Å². The van der Waals surface area contributed by atoms with Crippen molar-refractivity contribution in [2.75, 3.05) is 13.2 Å². The summed E-state index contributed by atoms with van der Waals surface area (Å²) in [5.41, 5.74) is 13.9. The van der Waals surface area contributed by atoms with Gasteiger partial charge in [0.15, 0.2) is 0 Å². The molecule has 0 saturated carbocycles. The van der Waals surface area contributed by atoms with Crippen LogP contribution in [0.4, 0.5) is 0 Å². The molecule has 0 heterocycles. The summed E-state index contributed by atoms with van der Waals surface area (Å²) in [7, 11) is 1.26. The molecule has 0 atom stereocenters. The average molecular weight is 984 g/mol. The number of ether oxygens (including phenoxy) is 2. The van der Waals surface area contributed by atoms with Crippen molar-refractivity contribution in [1.82, 2.24) is 0 Å². The minimum Gasteiger partial charge on any atom is -0.493 e. The van der Waals surface area contributed by atoms with Gasteiger partial charge in [0.05, 0.1) is 13.2 Å². The Bertz CT molecular complexity index is 2030. The molecule has 3 aromatic rings. The van der Waals surface area contributed by atoms with Crippen LogP contribution in [-0.4, -0.2) is 32.3 Å². The van der Waals surface area contributed by atoms with Crippen molar-refractivity contribution in [2.24, 2.45) is 0 Å². The molecule has 0 bridgehead atoms. The Kier molecular flexibility index (Phi) is 16.5. The minimum absolute atomic E-state index is 0.0524. The van der Waals surface area contributed by atoms with Crippen LogP contribution in [0.2, 0.25) is 0 Å². The molecule has 0 saturated heterocycles. The van der Waals surface area contributed by atoms with E-state index in [9.17, 15) is 0 Å². The van der Waals surface area contributed by atoms with E-state index in [4.69, 9.17) is 9.47 Å². The van der Waals surface area contributed by atoms with Gasteiger partial charge in [0, 0.05) is 22.3 Å². The van der Waals surface area contributed by atoms with Crippen molar-refractivity contribution in [3.05, 3.63) is 68.8 Å². The van der Waals surface area contributed by atoms with Crippen LogP contribution in [0.15, 0.2) is 24.3 Å². The zero-order chi connectivity index (χ0) is 51.3. The molecule has 3 aromatic carbocycles. The molecule has 386 valence electrons. The van der Waals surface area contributed by atoms with Crippen molar-refractivity contribution < 1.29 is 9.47 Å². The average Bonchev–Trinajstić information content (AvgIpc) is 3.94. The van der Waals surface area contributed by atoms with Gasteiger partial charge in [-0.3, -0.25) is 0 Å². The lowest BCUT2D eigenvalue weighted by atomic mass is 9.72. The van der Waals surface area contributed by atoms with Gasteiger partial charge < -0.3 is 9.47 Å². The highest BCUT2D eigenvalue weighted by Crippen LogP contribution is 2.65. The molecule has 2 nitrogen and oxygen atoms in total. The lowest BCUT2D eigenvalue weighted by Gasteiger charge is -2.36. The molecule has 0 fully saturated rings. The molecule has 0 spiro atoms. The Morgan fingerprint density at radius 2 is 0.586 bits per heavy atom. The second-order valence-corrected chi connectivity index (χ2v) is 28.9. The highest BCUT2D eigenvalue weighted by atomic mass is 28.2. The van der Waals surface area contributed by atoms with E-state index in [2.05, 4.69) is 149 Å². The maximum Gasteiger partial charge on any atom is 0.127 e. The highest BCUT2D eigenvalue weighted by molar-refractivity contribution is 6.70. The Balaban J connectivity index is 1.42. The van der Waals surface area contributed by atoms with Crippen molar-refractivity contribution in [3.63, 3.8) is 0 Å². The van der Waals surface area contributed by atoms with Crippen molar-refractivity contribution >= 4 is 39.8 Å². The van der Waals surface area contributed by atoms with E-state index in [0.29, 0.717) is 19.0 Å². The first-order valence-electron chi connectivity index (χ1n) is 29.5. The second kappa shape index (κ2) is 20.8. The molecular weight excluding hydrogens is 881 g/mol. The zero-order valence-corrected chi connectivity index (χ0v) is 50.7. The monoisotopic (exact) mass is 983 g/mol. The van der Waals surface area contributed by atoms with Gasteiger partial charge in [-0.1, -0.05) is 208 Å². The van der Waals surface area contributed by atoms with Crippen LogP contribution in [0.1, 0.15) is 298 Å².